The largest absolute Gasteiger partial charge is 0.508 e. The number of benzene rings is 3. The number of aromatic hydroxyl groups is 2. The molecular formula is C26H17ClN2O7S2. The molecule has 0 spiro atoms. The SMILES string of the molecule is O=C1C(=O)N(c2ncc(S(=O)(=O)c3ccc(O)cc3)s2)C(c2cccc(Cl)c2)C1=C(O)c1ccc(O)cc1. The quantitative estimate of drug-likeness (QED) is 0.179. The van der Waals surface area contributed by atoms with E-state index in [4.69, 9.17) is 11.6 Å². The number of nitrogens with zero attached hydrogens (tertiary/aromatic N) is 2. The Hall–Kier alpha value is -4.19. The molecule has 1 atom stereocenters. The van der Waals surface area contributed by atoms with Gasteiger partial charge in [0.1, 0.15) is 21.5 Å². The number of halogens is 1. The molecule has 0 radical (unpaired) electrons. The lowest BCUT2D eigenvalue weighted by molar-refractivity contribution is -0.132. The van der Waals surface area contributed by atoms with E-state index in [1.165, 1.54) is 54.6 Å². The molecule has 0 aliphatic carbocycles. The second-order valence-corrected chi connectivity index (χ2v) is 11.9. The third kappa shape index (κ3) is 4.40. The summed E-state index contributed by atoms with van der Waals surface area (Å²) in [6.07, 6.45) is 1.08. The summed E-state index contributed by atoms with van der Waals surface area (Å²) in [6.45, 7) is 0. The molecule has 5 rings (SSSR count). The van der Waals surface area contributed by atoms with Gasteiger partial charge in [-0.3, -0.25) is 14.5 Å². The number of hydrogen-bond acceptors (Lipinski definition) is 9. The molecule has 1 amide bonds. The van der Waals surface area contributed by atoms with E-state index in [-0.39, 0.29) is 36.9 Å². The first-order chi connectivity index (χ1) is 18.1. The van der Waals surface area contributed by atoms with Crippen molar-refractivity contribution in [2.75, 3.05) is 4.90 Å². The molecular weight excluding hydrogens is 552 g/mol. The lowest BCUT2D eigenvalue weighted by Crippen LogP contribution is -2.29. The lowest BCUT2D eigenvalue weighted by atomic mass is 9.95. The molecule has 3 N–H and O–H groups in total. The third-order valence-electron chi connectivity index (χ3n) is 5.84. The van der Waals surface area contributed by atoms with Crippen LogP contribution in [-0.4, -0.2) is 40.4 Å². The number of aliphatic hydroxyl groups excluding tert-OH is 1. The molecule has 1 unspecified atom stereocenters. The predicted octanol–water partition coefficient (Wildman–Crippen LogP) is 4.67. The van der Waals surface area contributed by atoms with Gasteiger partial charge in [-0.25, -0.2) is 13.4 Å². The fourth-order valence-electron chi connectivity index (χ4n) is 4.02. The molecule has 9 nitrogen and oxygen atoms in total. The maximum absolute atomic E-state index is 13.3. The summed E-state index contributed by atoms with van der Waals surface area (Å²) in [6, 6.07) is 15.5. The van der Waals surface area contributed by atoms with Crippen LogP contribution < -0.4 is 4.90 Å². The Bertz CT molecular complexity index is 1710. The Labute approximate surface area is 225 Å². The van der Waals surface area contributed by atoms with Crippen molar-refractivity contribution in [3.05, 3.63) is 101 Å². The summed E-state index contributed by atoms with van der Waals surface area (Å²) in [7, 11) is -4.05. The Morgan fingerprint density at radius 2 is 1.58 bits per heavy atom. The number of phenols is 2. The van der Waals surface area contributed by atoms with E-state index in [0.717, 1.165) is 11.1 Å². The third-order valence-corrected chi connectivity index (χ3v) is 9.30. The number of rotatable bonds is 5. The van der Waals surface area contributed by atoms with Crippen molar-refractivity contribution in [3.63, 3.8) is 0 Å². The molecule has 2 heterocycles. The van der Waals surface area contributed by atoms with Gasteiger partial charge < -0.3 is 15.3 Å². The minimum Gasteiger partial charge on any atom is -0.508 e. The van der Waals surface area contributed by atoms with E-state index in [2.05, 4.69) is 4.98 Å². The summed E-state index contributed by atoms with van der Waals surface area (Å²) in [5, 5.41) is 30.4. The van der Waals surface area contributed by atoms with Crippen LogP contribution in [0.5, 0.6) is 11.5 Å². The van der Waals surface area contributed by atoms with Gasteiger partial charge >= 0.3 is 5.91 Å². The number of anilines is 1. The molecule has 1 aliphatic heterocycles. The minimum absolute atomic E-state index is 0.0569. The predicted molar refractivity (Wildman–Crippen MR) is 140 cm³/mol. The Morgan fingerprint density at radius 3 is 2.21 bits per heavy atom. The van der Waals surface area contributed by atoms with Crippen molar-refractivity contribution in [1.29, 1.82) is 0 Å². The highest BCUT2D eigenvalue weighted by Gasteiger charge is 2.48. The average Bonchev–Trinajstić information content (AvgIpc) is 3.48. The summed E-state index contributed by atoms with van der Waals surface area (Å²) in [5.41, 5.74) is 0.318. The van der Waals surface area contributed by atoms with Crippen LogP contribution in [0.4, 0.5) is 5.13 Å². The number of sulfone groups is 1. The average molecular weight is 569 g/mol. The number of aliphatic hydroxyl groups is 1. The molecule has 192 valence electrons. The number of carbonyl (C=O) groups excluding carboxylic acids is 2. The fraction of sp³-hybridized carbons (Fsp3) is 0.0385. The topological polar surface area (TPSA) is 145 Å². The number of Topliss-reactive ketones (excluding diaryl/α,β-unsaturated/α-hetero) is 1. The van der Waals surface area contributed by atoms with Gasteiger partial charge in [0.15, 0.2) is 5.13 Å². The fourth-order valence-corrected chi connectivity index (χ4v) is 6.77. The van der Waals surface area contributed by atoms with Crippen molar-refractivity contribution >= 4 is 55.4 Å². The van der Waals surface area contributed by atoms with Gasteiger partial charge in [0.25, 0.3) is 5.78 Å². The van der Waals surface area contributed by atoms with Crippen molar-refractivity contribution in [1.82, 2.24) is 4.98 Å². The van der Waals surface area contributed by atoms with Crippen LogP contribution in [-0.2, 0) is 19.4 Å². The monoisotopic (exact) mass is 568 g/mol. The molecule has 1 fully saturated rings. The smallest absolute Gasteiger partial charge is 0.301 e. The lowest BCUT2D eigenvalue weighted by Gasteiger charge is -2.23. The molecule has 3 aromatic carbocycles. The van der Waals surface area contributed by atoms with Gasteiger partial charge in [-0.15, -0.1) is 0 Å². The number of ketones is 1. The van der Waals surface area contributed by atoms with Crippen LogP contribution >= 0.6 is 22.9 Å². The van der Waals surface area contributed by atoms with E-state index in [1.807, 2.05) is 0 Å². The first kappa shape index (κ1) is 25.5. The molecule has 4 aromatic rings. The zero-order valence-corrected chi connectivity index (χ0v) is 21.5. The summed E-state index contributed by atoms with van der Waals surface area (Å²) >= 11 is 6.87. The zero-order chi connectivity index (χ0) is 27.2. The summed E-state index contributed by atoms with van der Waals surface area (Å²) in [5.74, 6) is -2.66. The number of carbonyl (C=O) groups is 2. The number of phenolic OH excluding ortho intramolecular Hbond substituents is 2. The van der Waals surface area contributed by atoms with Crippen LogP contribution in [0.2, 0.25) is 5.02 Å². The van der Waals surface area contributed by atoms with Crippen molar-refractivity contribution < 1.29 is 33.3 Å². The highest BCUT2D eigenvalue weighted by molar-refractivity contribution is 7.93. The van der Waals surface area contributed by atoms with E-state index in [0.29, 0.717) is 21.9 Å². The summed E-state index contributed by atoms with van der Waals surface area (Å²) < 4.78 is 26.1. The standard InChI is InChI=1S/C26H17ClN2O7S2/c27-16-3-1-2-15(12-16)22-21(23(32)14-4-6-17(30)7-5-14)24(33)25(34)29(22)26-28-13-20(37-26)38(35,36)19-10-8-18(31)9-11-19/h1-13,22,30-32H. The maximum Gasteiger partial charge on any atom is 0.301 e. The molecule has 1 aromatic heterocycles. The molecule has 0 saturated carbocycles. The Kier molecular flexibility index (Phi) is 6.43. The second-order valence-electron chi connectivity index (χ2n) is 8.23. The molecule has 0 bridgehead atoms. The molecule has 1 aliphatic rings. The highest BCUT2D eigenvalue weighted by atomic mass is 35.5. The van der Waals surface area contributed by atoms with E-state index < -0.39 is 33.3 Å². The number of hydrogen-bond donors (Lipinski definition) is 3. The van der Waals surface area contributed by atoms with Gasteiger partial charge in [0, 0.05) is 10.6 Å². The van der Waals surface area contributed by atoms with Gasteiger partial charge in [0.2, 0.25) is 9.84 Å². The number of aromatic nitrogens is 1. The number of thiazole rings is 1. The van der Waals surface area contributed by atoms with E-state index in [9.17, 15) is 33.3 Å². The van der Waals surface area contributed by atoms with Crippen LogP contribution in [0.3, 0.4) is 0 Å². The van der Waals surface area contributed by atoms with Gasteiger partial charge in [-0.1, -0.05) is 35.1 Å². The van der Waals surface area contributed by atoms with Crippen molar-refractivity contribution in [2.45, 2.75) is 15.1 Å². The van der Waals surface area contributed by atoms with Crippen LogP contribution in [0, 0.1) is 0 Å². The first-order valence-electron chi connectivity index (χ1n) is 10.9. The molecule has 12 heteroatoms. The maximum atomic E-state index is 13.3. The van der Waals surface area contributed by atoms with Gasteiger partial charge in [0.05, 0.1) is 22.7 Å². The molecule has 1 saturated heterocycles. The highest BCUT2D eigenvalue weighted by Crippen LogP contribution is 2.44. The Morgan fingerprint density at radius 1 is 0.947 bits per heavy atom. The van der Waals surface area contributed by atoms with Gasteiger partial charge in [-0.05, 0) is 66.2 Å². The normalized spacial score (nSPS) is 17.2. The van der Waals surface area contributed by atoms with E-state index in [1.54, 1.807) is 18.2 Å². The first-order valence-corrected chi connectivity index (χ1v) is 13.6. The van der Waals surface area contributed by atoms with Crippen LogP contribution in [0.25, 0.3) is 5.76 Å². The second kappa shape index (κ2) is 9.60. The van der Waals surface area contributed by atoms with Crippen molar-refractivity contribution in [3.8, 4) is 11.5 Å². The zero-order valence-electron chi connectivity index (χ0n) is 19.1. The number of amides is 1. The van der Waals surface area contributed by atoms with Crippen LogP contribution in [0.1, 0.15) is 17.2 Å². The molecule has 38 heavy (non-hydrogen) atoms. The van der Waals surface area contributed by atoms with Gasteiger partial charge in [-0.2, -0.15) is 0 Å². The van der Waals surface area contributed by atoms with Crippen LogP contribution in [0.15, 0.2) is 93.7 Å². The van der Waals surface area contributed by atoms with E-state index >= 15 is 0 Å². The summed E-state index contributed by atoms with van der Waals surface area (Å²) in [4.78, 5) is 31.6. The minimum atomic E-state index is -4.05. The van der Waals surface area contributed by atoms with Crippen molar-refractivity contribution in [2.24, 2.45) is 0 Å². The Balaban J connectivity index is 1.65.